The number of ether oxygens (including phenoxy) is 2. The number of unbranched alkanes of at least 4 members (excludes halogenated alkanes) is 3. The molecule has 3 amide bonds. The van der Waals surface area contributed by atoms with Crippen molar-refractivity contribution in [3.05, 3.63) is 73.8 Å². The number of benzene rings is 2. The number of rotatable bonds is 19. The average molecular weight is 766 g/mol. The van der Waals surface area contributed by atoms with Gasteiger partial charge >= 0.3 is 0 Å². The first-order chi connectivity index (χ1) is 24.7. The van der Waals surface area contributed by atoms with Gasteiger partial charge in [0.05, 0.1) is 24.5 Å². The lowest BCUT2D eigenvalue weighted by atomic mass is 9.70. The second-order valence-corrected chi connectivity index (χ2v) is 14.6. The highest BCUT2D eigenvalue weighted by Crippen LogP contribution is 2.60. The number of likely N-dealkylation sites (tertiary alicyclic amines) is 1. The van der Waals surface area contributed by atoms with Crippen LogP contribution < -0.4 is 19.4 Å². The van der Waals surface area contributed by atoms with Crippen molar-refractivity contribution < 1.29 is 29.0 Å². The molecule has 6 atom stereocenters. The zero-order valence-electron chi connectivity index (χ0n) is 30.2. The highest BCUT2D eigenvalue weighted by molar-refractivity contribution is 9.09. The summed E-state index contributed by atoms with van der Waals surface area (Å²) in [6.45, 7) is 17.2. The van der Waals surface area contributed by atoms with Crippen molar-refractivity contribution in [2.24, 2.45) is 11.8 Å². The number of halogens is 1. The molecule has 2 bridgehead atoms. The molecule has 3 aliphatic heterocycles. The molecule has 0 aliphatic carbocycles. The molecule has 1 N–H and O–H groups in total. The molecular formula is C40H53BrN4O6. The Hall–Kier alpha value is -3.67. The Balaban J connectivity index is 1.53. The summed E-state index contributed by atoms with van der Waals surface area (Å²) in [5.74, 6) is -1.65. The molecule has 5 rings (SSSR count). The number of carbonyl (C=O) groups excluding carboxylic acids is 3. The molecule has 0 aromatic heterocycles. The van der Waals surface area contributed by atoms with Gasteiger partial charge in [0, 0.05) is 61.2 Å². The van der Waals surface area contributed by atoms with Gasteiger partial charge in [-0.3, -0.25) is 14.4 Å². The lowest BCUT2D eigenvalue weighted by Gasteiger charge is -2.37. The van der Waals surface area contributed by atoms with Crippen LogP contribution in [0.2, 0.25) is 0 Å². The zero-order valence-corrected chi connectivity index (χ0v) is 31.8. The fourth-order valence-corrected chi connectivity index (χ4v) is 9.17. The van der Waals surface area contributed by atoms with E-state index in [0.29, 0.717) is 49.5 Å². The first-order valence-corrected chi connectivity index (χ1v) is 19.3. The SMILES string of the molecule is C=CCN(C(=O)C1N(CCCCCCO)C(=O)[C@@H]2[C@@H](C(=O)N(CC=C)c3ccc(OCC)cc3)[C@@H]3OC12CC3Br)c1ccc(N(CC)CC)cc1. The number of carbonyl (C=O) groups is 3. The molecule has 51 heavy (non-hydrogen) atoms. The van der Waals surface area contributed by atoms with Gasteiger partial charge in [-0.2, -0.15) is 0 Å². The van der Waals surface area contributed by atoms with Crippen LogP contribution in [-0.4, -0.2) is 96.2 Å². The topological polar surface area (TPSA) is 103 Å². The first kappa shape index (κ1) is 38.6. The van der Waals surface area contributed by atoms with Crippen molar-refractivity contribution in [1.29, 1.82) is 0 Å². The van der Waals surface area contributed by atoms with Gasteiger partial charge in [-0.05, 0) is 88.6 Å². The quantitative estimate of drug-likeness (QED) is 0.107. The molecule has 3 fully saturated rings. The molecule has 2 aromatic rings. The van der Waals surface area contributed by atoms with E-state index in [-0.39, 0.29) is 42.2 Å². The predicted molar refractivity (Wildman–Crippen MR) is 206 cm³/mol. The number of aliphatic hydroxyl groups excluding tert-OH is 1. The molecule has 0 radical (unpaired) electrons. The zero-order chi connectivity index (χ0) is 36.7. The van der Waals surface area contributed by atoms with Crippen molar-refractivity contribution >= 4 is 50.7 Å². The number of aliphatic hydroxyl groups is 1. The van der Waals surface area contributed by atoms with Crippen LogP contribution >= 0.6 is 15.9 Å². The Morgan fingerprint density at radius 3 is 2.06 bits per heavy atom. The number of anilines is 3. The standard InChI is InChI=1S/C40H53BrN4O6/c1-6-23-43(30-19-21-31(22-20-30)50-10-5)37(47)33-34-38(48)45(25-13-11-12-14-26-46)36(40(34)27-32(41)35(33)51-40)39(49)44(24-7-2)29-17-15-28(16-18-29)42(8-3)9-4/h6-7,15-22,32-36,46H,1-2,8-14,23-27H2,3-5H3/t32?,33-,34+,35-,36?,40?/m1/s1. The fourth-order valence-electron chi connectivity index (χ4n) is 8.23. The Labute approximate surface area is 311 Å². The first-order valence-electron chi connectivity index (χ1n) is 18.4. The minimum absolute atomic E-state index is 0.111. The summed E-state index contributed by atoms with van der Waals surface area (Å²) in [5.41, 5.74) is 1.23. The molecule has 3 heterocycles. The largest absolute Gasteiger partial charge is 0.494 e. The van der Waals surface area contributed by atoms with Crippen molar-refractivity contribution in [1.82, 2.24) is 4.90 Å². The molecular weight excluding hydrogens is 712 g/mol. The highest BCUT2D eigenvalue weighted by atomic mass is 79.9. The van der Waals surface area contributed by atoms with Crippen LogP contribution in [0.25, 0.3) is 0 Å². The van der Waals surface area contributed by atoms with E-state index in [4.69, 9.17) is 9.47 Å². The Morgan fingerprint density at radius 2 is 1.49 bits per heavy atom. The summed E-state index contributed by atoms with van der Waals surface area (Å²) in [5, 5.41) is 9.32. The maximum atomic E-state index is 15.0. The smallest absolute Gasteiger partial charge is 0.253 e. The minimum atomic E-state index is -1.20. The number of hydrogen-bond acceptors (Lipinski definition) is 7. The molecule has 3 aliphatic rings. The van der Waals surface area contributed by atoms with E-state index in [0.717, 1.165) is 31.6 Å². The summed E-state index contributed by atoms with van der Waals surface area (Å²) < 4.78 is 12.5. The van der Waals surface area contributed by atoms with Gasteiger partial charge in [-0.25, -0.2) is 0 Å². The van der Waals surface area contributed by atoms with Gasteiger partial charge in [-0.15, -0.1) is 13.2 Å². The number of fused-ring (bicyclic) bond motifs is 1. The fraction of sp³-hybridized carbons (Fsp3) is 0.525. The summed E-state index contributed by atoms with van der Waals surface area (Å²) >= 11 is 3.82. The van der Waals surface area contributed by atoms with Gasteiger partial charge in [-0.1, -0.05) is 40.9 Å². The van der Waals surface area contributed by atoms with Gasteiger partial charge in [0.15, 0.2) is 0 Å². The van der Waals surface area contributed by atoms with Crippen molar-refractivity contribution in [3.8, 4) is 5.75 Å². The van der Waals surface area contributed by atoms with E-state index in [1.54, 1.807) is 26.9 Å². The Morgan fingerprint density at radius 1 is 0.922 bits per heavy atom. The normalized spacial score (nSPS) is 24.7. The number of nitrogens with zero attached hydrogens (tertiary/aromatic N) is 4. The lowest BCUT2D eigenvalue weighted by Crippen LogP contribution is -2.57. The third-order valence-corrected chi connectivity index (χ3v) is 11.4. The maximum Gasteiger partial charge on any atom is 0.253 e. The summed E-state index contributed by atoms with van der Waals surface area (Å²) in [6, 6.07) is 14.3. The second-order valence-electron chi connectivity index (χ2n) is 13.4. The van der Waals surface area contributed by atoms with Crippen LogP contribution in [0.1, 0.15) is 52.9 Å². The average Bonchev–Trinajstić information content (AvgIpc) is 3.73. The molecule has 11 heteroatoms. The molecule has 276 valence electrons. The van der Waals surface area contributed by atoms with Crippen LogP contribution in [-0.2, 0) is 19.1 Å². The van der Waals surface area contributed by atoms with E-state index in [9.17, 15) is 14.7 Å². The third kappa shape index (κ3) is 7.48. The molecule has 3 unspecified atom stereocenters. The van der Waals surface area contributed by atoms with E-state index < -0.39 is 29.6 Å². The predicted octanol–water partition coefficient (Wildman–Crippen LogP) is 5.97. The van der Waals surface area contributed by atoms with Crippen LogP contribution in [0.3, 0.4) is 0 Å². The van der Waals surface area contributed by atoms with Gasteiger partial charge in [0.1, 0.15) is 17.4 Å². The van der Waals surface area contributed by atoms with Crippen LogP contribution in [0.4, 0.5) is 17.1 Å². The Kier molecular flexibility index (Phi) is 13.0. The second kappa shape index (κ2) is 17.2. The van der Waals surface area contributed by atoms with E-state index in [1.165, 1.54) is 0 Å². The van der Waals surface area contributed by atoms with Crippen LogP contribution in [0.5, 0.6) is 5.75 Å². The Bertz CT molecular complexity index is 1530. The highest BCUT2D eigenvalue weighted by Gasteiger charge is 2.77. The molecule has 3 saturated heterocycles. The third-order valence-electron chi connectivity index (χ3n) is 10.5. The minimum Gasteiger partial charge on any atom is -0.494 e. The van der Waals surface area contributed by atoms with Gasteiger partial charge in [0.2, 0.25) is 11.8 Å². The van der Waals surface area contributed by atoms with Gasteiger partial charge < -0.3 is 34.2 Å². The summed E-state index contributed by atoms with van der Waals surface area (Å²) in [6.07, 6.45) is 6.14. The number of amides is 3. The maximum absolute atomic E-state index is 15.0. The van der Waals surface area contributed by atoms with E-state index in [1.807, 2.05) is 55.5 Å². The van der Waals surface area contributed by atoms with Crippen molar-refractivity contribution in [3.63, 3.8) is 0 Å². The van der Waals surface area contributed by atoms with E-state index >= 15 is 4.79 Å². The number of hydrogen-bond donors (Lipinski definition) is 1. The molecule has 2 aromatic carbocycles. The van der Waals surface area contributed by atoms with Crippen LogP contribution in [0, 0.1) is 11.8 Å². The van der Waals surface area contributed by atoms with Crippen molar-refractivity contribution in [2.45, 2.75) is 75.4 Å². The summed E-state index contributed by atoms with van der Waals surface area (Å²) in [4.78, 5) is 51.5. The summed E-state index contributed by atoms with van der Waals surface area (Å²) in [7, 11) is 0. The molecule has 10 nitrogen and oxygen atoms in total. The van der Waals surface area contributed by atoms with Crippen LogP contribution in [0.15, 0.2) is 73.8 Å². The van der Waals surface area contributed by atoms with Crippen molar-refractivity contribution in [2.75, 3.05) is 60.6 Å². The lowest BCUT2D eigenvalue weighted by molar-refractivity contribution is -0.140. The monoisotopic (exact) mass is 764 g/mol. The number of alkyl halides is 1. The van der Waals surface area contributed by atoms with E-state index in [2.05, 4.69) is 47.8 Å². The molecule has 1 spiro atoms. The molecule has 0 saturated carbocycles. The van der Waals surface area contributed by atoms with Gasteiger partial charge in [0.25, 0.3) is 5.91 Å².